The highest BCUT2D eigenvalue weighted by atomic mass is 16.7. The average molecular weight is 510 g/mol. The lowest BCUT2D eigenvalue weighted by molar-refractivity contribution is -0.117. The monoisotopic (exact) mass is 509 g/mol. The third kappa shape index (κ3) is 4.59. The van der Waals surface area contributed by atoms with E-state index in [1.807, 2.05) is 11.0 Å². The topological polar surface area (TPSA) is 71.0 Å². The SMILES string of the molecule is C/C(=N\OC(=O)N(CCC1CCCN1)C1CC1)[C@H]1CC[C@H]2[C@@H]3CCC4=CC(=O)CC[C@]4(C)[C@H]3CC[C@]12C. The molecule has 0 aromatic carbocycles. The van der Waals surface area contributed by atoms with Gasteiger partial charge in [-0.05, 0) is 125 Å². The molecule has 5 fully saturated rings. The predicted molar refractivity (Wildman–Crippen MR) is 145 cm³/mol. The molecule has 0 radical (unpaired) electrons. The van der Waals surface area contributed by atoms with E-state index in [1.54, 1.807) is 0 Å². The molecule has 1 amide bonds. The largest absolute Gasteiger partial charge is 0.436 e. The van der Waals surface area contributed by atoms with E-state index in [4.69, 9.17) is 4.84 Å². The molecule has 5 aliphatic carbocycles. The minimum atomic E-state index is -0.255. The van der Waals surface area contributed by atoms with Gasteiger partial charge in [0.1, 0.15) is 0 Å². The zero-order chi connectivity index (χ0) is 25.8. The maximum atomic E-state index is 13.0. The van der Waals surface area contributed by atoms with Crippen LogP contribution in [-0.4, -0.2) is 47.7 Å². The van der Waals surface area contributed by atoms with Gasteiger partial charge in [-0.25, -0.2) is 4.79 Å². The minimum Gasteiger partial charge on any atom is -0.314 e. The Morgan fingerprint density at radius 3 is 2.68 bits per heavy atom. The van der Waals surface area contributed by atoms with Gasteiger partial charge >= 0.3 is 6.09 Å². The average Bonchev–Trinajstić information content (AvgIpc) is 3.44. The van der Waals surface area contributed by atoms with Crippen LogP contribution in [0.15, 0.2) is 16.8 Å². The summed E-state index contributed by atoms with van der Waals surface area (Å²) in [5.41, 5.74) is 2.90. The van der Waals surface area contributed by atoms with E-state index >= 15 is 0 Å². The molecule has 204 valence electrons. The normalized spacial score (nSPS) is 41.5. The first-order valence-corrected chi connectivity index (χ1v) is 15.3. The fourth-order valence-corrected chi connectivity index (χ4v) is 9.58. The summed E-state index contributed by atoms with van der Waals surface area (Å²) in [6, 6.07) is 0.877. The van der Waals surface area contributed by atoms with Crippen molar-refractivity contribution in [2.75, 3.05) is 13.1 Å². The summed E-state index contributed by atoms with van der Waals surface area (Å²) in [5, 5.41) is 8.05. The number of rotatable bonds is 6. The van der Waals surface area contributed by atoms with Gasteiger partial charge in [0.05, 0.1) is 5.71 Å². The Morgan fingerprint density at radius 1 is 1.08 bits per heavy atom. The third-order valence-corrected chi connectivity index (χ3v) is 11.8. The molecule has 6 heteroatoms. The van der Waals surface area contributed by atoms with Crippen molar-refractivity contribution < 1.29 is 14.4 Å². The van der Waals surface area contributed by atoms with Crippen LogP contribution in [0.5, 0.6) is 0 Å². The number of carbonyl (C=O) groups excluding carboxylic acids is 2. The fraction of sp³-hybridized carbons (Fsp3) is 0.839. The molecular weight excluding hydrogens is 462 g/mol. The zero-order valence-electron chi connectivity index (χ0n) is 23.3. The number of nitrogens with zero attached hydrogens (tertiary/aromatic N) is 2. The molecule has 6 nitrogen and oxygen atoms in total. The molecule has 0 bridgehead atoms. The van der Waals surface area contributed by atoms with Gasteiger partial charge in [-0.3, -0.25) is 9.63 Å². The molecular formula is C31H47N3O3. The van der Waals surface area contributed by atoms with Gasteiger partial charge in [0.2, 0.25) is 0 Å². The number of hydrogen-bond acceptors (Lipinski definition) is 5. The van der Waals surface area contributed by atoms with Gasteiger partial charge in [0, 0.05) is 31.0 Å². The fourth-order valence-electron chi connectivity index (χ4n) is 9.58. The molecule has 1 unspecified atom stereocenters. The maximum Gasteiger partial charge on any atom is 0.436 e. The number of ketones is 1. The van der Waals surface area contributed by atoms with Gasteiger partial charge < -0.3 is 10.2 Å². The molecule has 1 aliphatic heterocycles. The van der Waals surface area contributed by atoms with Crippen molar-refractivity contribution in [3.8, 4) is 0 Å². The van der Waals surface area contributed by atoms with Crippen molar-refractivity contribution in [1.29, 1.82) is 0 Å². The first-order valence-electron chi connectivity index (χ1n) is 15.3. The van der Waals surface area contributed by atoms with Crippen molar-refractivity contribution in [1.82, 2.24) is 10.2 Å². The number of hydrogen-bond donors (Lipinski definition) is 1. The van der Waals surface area contributed by atoms with Crippen LogP contribution >= 0.6 is 0 Å². The standard InChI is InChI=1S/C31H47N3O3/c1-20(33-37-29(36)34(23-7-8-23)18-14-22-5-4-17-32-22)26-10-11-27-25-9-6-21-19-24(35)12-15-30(21,2)28(25)13-16-31(26,27)3/h19,22-23,25-28,32H,4-18H2,1-3H3/b33-20+/t22?,25-,26+,27-,28-,30-,31+/m0/s1. The van der Waals surface area contributed by atoms with E-state index in [1.165, 1.54) is 44.1 Å². The Labute approximate surface area is 223 Å². The van der Waals surface area contributed by atoms with E-state index < -0.39 is 0 Å². The van der Waals surface area contributed by atoms with Crippen LogP contribution in [0.1, 0.15) is 104 Å². The van der Waals surface area contributed by atoms with Gasteiger partial charge in [-0.15, -0.1) is 0 Å². The summed E-state index contributed by atoms with van der Waals surface area (Å²) in [7, 11) is 0. The predicted octanol–water partition coefficient (Wildman–Crippen LogP) is 6.25. The third-order valence-electron chi connectivity index (χ3n) is 11.8. The second-order valence-corrected chi connectivity index (χ2v) is 13.7. The molecule has 6 rings (SSSR count). The zero-order valence-corrected chi connectivity index (χ0v) is 23.3. The van der Waals surface area contributed by atoms with Crippen molar-refractivity contribution in [2.24, 2.45) is 39.7 Å². The van der Waals surface area contributed by atoms with Crippen molar-refractivity contribution in [3.63, 3.8) is 0 Å². The summed E-state index contributed by atoms with van der Waals surface area (Å²) in [6.45, 7) is 8.91. The smallest absolute Gasteiger partial charge is 0.314 e. The van der Waals surface area contributed by atoms with E-state index in [0.717, 1.165) is 69.7 Å². The lowest BCUT2D eigenvalue weighted by atomic mass is 9.46. The molecule has 0 spiro atoms. The highest BCUT2D eigenvalue weighted by molar-refractivity contribution is 5.91. The maximum absolute atomic E-state index is 13.0. The number of fused-ring (bicyclic) bond motifs is 5. The molecule has 0 aromatic heterocycles. The lowest BCUT2D eigenvalue weighted by Crippen LogP contribution is -2.51. The van der Waals surface area contributed by atoms with Crippen LogP contribution in [0.25, 0.3) is 0 Å². The summed E-state index contributed by atoms with van der Waals surface area (Å²) in [6.07, 6.45) is 16.3. The van der Waals surface area contributed by atoms with E-state index in [0.29, 0.717) is 35.6 Å². The van der Waals surface area contributed by atoms with Crippen LogP contribution in [0.4, 0.5) is 4.79 Å². The van der Waals surface area contributed by atoms with Crippen molar-refractivity contribution in [3.05, 3.63) is 11.6 Å². The lowest BCUT2D eigenvalue weighted by Gasteiger charge is -2.58. The molecule has 6 aliphatic rings. The Hall–Kier alpha value is -1.69. The highest BCUT2D eigenvalue weighted by Gasteiger charge is 2.59. The first-order chi connectivity index (χ1) is 17.8. The Bertz CT molecular complexity index is 980. The van der Waals surface area contributed by atoms with Crippen LogP contribution in [0, 0.1) is 34.5 Å². The van der Waals surface area contributed by atoms with E-state index in [2.05, 4.69) is 31.2 Å². The molecule has 1 N–H and O–H groups in total. The number of amides is 1. The minimum absolute atomic E-state index is 0.217. The molecule has 37 heavy (non-hydrogen) atoms. The number of carbonyl (C=O) groups is 2. The van der Waals surface area contributed by atoms with Gasteiger partial charge in [0.15, 0.2) is 5.78 Å². The van der Waals surface area contributed by atoms with Crippen LogP contribution in [0.3, 0.4) is 0 Å². The summed E-state index contributed by atoms with van der Waals surface area (Å²) >= 11 is 0. The van der Waals surface area contributed by atoms with Gasteiger partial charge in [0.25, 0.3) is 0 Å². The molecule has 0 aromatic rings. The molecule has 7 atom stereocenters. The second kappa shape index (κ2) is 9.81. The number of allylic oxidation sites excluding steroid dienone is 1. The Kier molecular flexibility index (Phi) is 6.78. The summed E-state index contributed by atoms with van der Waals surface area (Å²) < 4.78 is 0. The summed E-state index contributed by atoms with van der Waals surface area (Å²) in [4.78, 5) is 32.7. The first kappa shape index (κ1) is 25.6. The Morgan fingerprint density at radius 2 is 1.92 bits per heavy atom. The van der Waals surface area contributed by atoms with Crippen LogP contribution in [0.2, 0.25) is 0 Å². The number of oxime groups is 1. The second-order valence-electron chi connectivity index (χ2n) is 13.7. The van der Waals surface area contributed by atoms with Crippen LogP contribution < -0.4 is 5.32 Å². The highest BCUT2D eigenvalue weighted by Crippen LogP contribution is 2.66. The number of nitrogens with one attached hydrogen (secondary N) is 1. The Balaban J connectivity index is 1.11. The van der Waals surface area contributed by atoms with E-state index in [-0.39, 0.29) is 16.9 Å². The van der Waals surface area contributed by atoms with Gasteiger partial charge in [-0.2, -0.15) is 0 Å². The molecule has 4 saturated carbocycles. The van der Waals surface area contributed by atoms with Crippen molar-refractivity contribution in [2.45, 2.75) is 116 Å². The molecule has 1 heterocycles. The van der Waals surface area contributed by atoms with Crippen LogP contribution in [-0.2, 0) is 9.63 Å². The van der Waals surface area contributed by atoms with E-state index in [9.17, 15) is 9.59 Å². The summed E-state index contributed by atoms with van der Waals surface area (Å²) in [5.74, 6) is 2.87. The van der Waals surface area contributed by atoms with Crippen molar-refractivity contribution >= 4 is 17.6 Å². The quantitative estimate of drug-likeness (QED) is 0.261. The van der Waals surface area contributed by atoms with Gasteiger partial charge in [-0.1, -0.05) is 24.6 Å². The molecule has 1 saturated heterocycles.